The molecule has 1 aliphatic heterocycles. The van der Waals surface area contributed by atoms with Gasteiger partial charge in [0.1, 0.15) is 24.1 Å². The fraction of sp³-hybridized carbons (Fsp3) is 0.242. The Morgan fingerprint density at radius 2 is 1.80 bits per heavy atom. The first-order chi connectivity index (χ1) is 22.0. The van der Waals surface area contributed by atoms with E-state index in [2.05, 4.69) is 36.9 Å². The molecule has 238 valence electrons. The van der Waals surface area contributed by atoms with Crippen LogP contribution >= 0.6 is 43.2 Å². The van der Waals surface area contributed by atoms with Crippen molar-refractivity contribution in [2.45, 2.75) is 46.4 Å². The third kappa shape index (κ3) is 7.01. The quantitative estimate of drug-likeness (QED) is 0.101. The second kappa shape index (κ2) is 14.1. The number of para-hydroxylation sites is 1. The molecule has 3 aromatic carbocycles. The fourth-order valence-electron chi connectivity index (χ4n) is 4.97. The summed E-state index contributed by atoms with van der Waals surface area (Å²) in [6.07, 6.45) is 1.63. The lowest BCUT2D eigenvalue weighted by Crippen LogP contribution is -2.40. The van der Waals surface area contributed by atoms with Crippen LogP contribution < -0.4 is 24.4 Å². The van der Waals surface area contributed by atoms with Crippen LogP contribution in [-0.2, 0) is 16.1 Å². The second-order valence-electron chi connectivity index (χ2n) is 10.5. The zero-order valence-electron chi connectivity index (χ0n) is 25.3. The fourth-order valence-corrected chi connectivity index (χ4v) is 7.47. The van der Waals surface area contributed by atoms with Gasteiger partial charge >= 0.3 is 5.97 Å². The van der Waals surface area contributed by atoms with E-state index in [1.807, 2.05) is 50.2 Å². The van der Waals surface area contributed by atoms with Crippen molar-refractivity contribution in [2.75, 3.05) is 6.61 Å². The molecule has 1 aromatic heterocycles. The van der Waals surface area contributed by atoms with Gasteiger partial charge in [-0.3, -0.25) is 19.5 Å². The topological polar surface area (TPSA) is 122 Å². The summed E-state index contributed by atoms with van der Waals surface area (Å²) in [5.41, 5.74) is 2.58. The summed E-state index contributed by atoms with van der Waals surface area (Å²) in [5.74, 6) is 0.554. The summed E-state index contributed by atoms with van der Waals surface area (Å²) in [6.45, 7) is 7.67. The molecule has 13 heteroatoms. The number of rotatable bonds is 10. The first kappa shape index (κ1) is 33.3. The van der Waals surface area contributed by atoms with E-state index in [1.54, 1.807) is 32.1 Å². The highest BCUT2D eigenvalue weighted by Gasteiger charge is 2.35. The highest BCUT2D eigenvalue weighted by Crippen LogP contribution is 2.37. The Balaban J connectivity index is 1.54. The molecule has 4 aromatic rings. The van der Waals surface area contributed by atoms with E-state index in [4.69, 9.17) is 14.2 Å². The number of carbonyl (C=O) groups excluding carboxylic acids is 1. The summed E-state index contributed by atoms with van der Waals surface area (Å²) < 4.78 is 20.8. The molecule has 0 saturated heterocycles. The molecule has 1 aliphatic rings. The number of hydrogen-bond acceptors (Lipinski definition) is 9. The maximum Gasteiger partial charge on any atom is 0.338 e. The van der Waals surface area contributed by atoms with E-state index in [0.717, 1.165) is 5.56 Å². The Bertz CT molecular complexity index is 2010. The third-order valence-electron chi connectivity index (χ3n) is 6.94. The predicted octanol–water partition coefficient (Wildman–Crippen LogP) is 6.60. The van der Waals surface area contributed by atoms with E-state index < -0.39 is 16.9 Å². The van der Waals surface area contributed by atoms with Crippen molar-refractivity contribution in [2.24, 2.45) is 4.99 Å². The molecule has 1 atom stereocenters. The number of allylic oxidation sites excluding steroid dienone is 1. The van der Waals surface area contributed by atoms with Crippen molar-refractivity contribution in [3.8, 4) is 11.5 Å². The number of nitro groups is 1. The van der Waals surface area contributed by atoms with Gasteiger partial charge in [-0.15, -0.1) is 0 Å². The van der Waals surface area contributed by atoms with Crippen molar-refractivity contribution in [3.63, 3.8) is 0 Å². The Labute approximate surface area is 285 Å². The van der Waals surface area contributed by atoms with Gasteiger partial charge in [0.15, 0.2) is 4.80 Å². The van der Waals surface area contributed by atoms with Gasteiger partial charge in [0.25, 0.3) is 11.2 Å². The number of thiazole rings is 1. The Morgan fingerprint density at radius 3 is 2.43 bits per heavy atom. The van der Waals surface area contributed by atoms with Gasteiger partial charge < -0.3 is 14.2 Å². The van der Waals surface area contributed by atoms with Gasteiger partial charge in [-0.1, -0.05) is 29.5 Å². The molecule has 0 radical (unpaired) electrons. The smallest absolute Gasteiger partial charge is 0.338 e. The van der Waals surface area contributed by atoms with E-state index in [9.17, 15) is 19.7 Å². The molecule has 46 heavy (non-hydrogen) atoms. The Morgan fingerprint density at radius 1 is 1.13 bits per heavy atom. The van der Waals surface area contributed by atoms with Gasteiger partial charge in [-0.25, -0.2) is 9.79 Å². The lowest BCUT2D eigenvalue weighted by molar-refractivity contribution is -0.384. The number of fused-ring (bicyclic) bond motifs is 1. The predicted molar refractivity (Wildman–Crippen MR) is 182 cm³/mol. The van der Waals surface area contributed by atoms with Crippen molar-refractivity contribution in [3.05, 3.63) is 127 Å². The molecule has 0 amide bonds. The largest absolute Gasteiger partial charge is 0.491 e. The summed E-state index contributed by atoms with van der Waals surface area (Å²) in [7, 11) is 0. The number of non-ortho nitro benzene ring substituents is 1. The van der Waals surface area contributed by atoms with Gasteiger partial charge in [-0.05, 0) is 107 Å². The average molecular weight is 771 g/mol. The maximum absolute atomic E-state index is 14.1. The summed E-state index contributed by atoms with van der Waals surface area (Å²) in [6, 6.07) is 16.4. The van der Waals surface area contributed by atoms with Crippen LogP contribution in [0.2, 0.25) is 0 Å². The number of benzene rings is 3. The van der Waals surface area contributed by atoms with E-state index >= 15 is 0 Å². The molecule has 2 heterocycles. The number of esters is 1. The van der Waals surface area contributed by atoms with Crippen molar-refractivity contribution in [1.82, 2.24) is 4.57 Å². The number of nitro benzene ring substituents is 1. The second-order valence-corrected chi connectivity index (χ2v) is 13.3. The molecule has 5 rings (SSSR count). The van der Waals surface area contributed by atoms with Gasteiger partial charge in [0, 0.05) is 17.7 Å². The zero-order valence-corrected chi connectivity index (χ0v) is 29.3. The van der Waals surface area contributed by atoms with Crippen molar-refractivity contribution in [1.29, 1.82) is 0 Å². The molecular weight excluding hydrogens is 742 g/mol. The highest BCUT2D eigenvalue weighted by atomic mass is 79.9. The van der Waals surface area contributed by atoms with Crippen LogP contribution in [0.25, 0.3) is 6.08 Å². The van der Waals surface area contributed by atoms with Crippen LogP contribution in [0.4, 0.5) is 5.69 Å². The highest BCUT2D eigenvalue weighted by molar-refractivity contribution is 9.11. The van der Waals surface area contributed by atoms with E-state index in [1.165, 1.54) is 28.0 Å². The molecule has 0 bridgehead atoms. The van der Waals surface area contributed by atoms with Crippen LogP contribution in [0.1, 0.15) is 50.4 Å². The van der Waals surface area contributed by atoms with Crippen LogP contribution in [-0.4, -0.2) is 28.2 Å². The third-order valence-corrected chi connectivity index (χ3v) is 9.10. The summed E-state index contributed by atoms with van der Waals surface area (Å²) in [5, 5.41) is 10.9. The first-order valence-electron chi connectivity index (χ1n) is 14.3. The number of nitrogens with zero attached hydrogens (tertiary/aromatic N) is 3. The summed E-state index contributed by atoms with van der Waals surface area (Å²) >= 11 is 8.36. The molecule has 0 spiro atoms. The van der Waals surface area contributed by atoms with Gasteiger partial charge in [-0.2, -0.15) is 0 Å². The minimum Gasteiger partial charge on any atom is -0.491 e. The number of halogens is 2. The van der Waals surface area contributed by atoms with Crippen LogP contribution in [0.3, 0.4) is 0 Å². The minimum atomic E-state index is -0.805. The SMILES string of the molecule is CCOC(=O)C1=C(C)N=c2s/c(=C/c3cc(Br)c(OCc4ccc([N+](=O)[O-])cc4)c(Br)c3)c(=O)n2[C@@H]1c1ccccc1OC(C)C. The van der Waals surface area contributed by atoms with Crippen LogP contribution in [0.15, 0.2) is 90.7 Å². The molecule has 0 saturated carbocycles. The van der Waals surface area contributed by atoms with Crippen LogP contribution in [0.5, 0.6) is 11.5 Å². The number of hydrogen-bond donors (Lipinski definition) is 0. The summed E-state index contributed by atoms with van der Waals surface area (Å²) in [4.78, 5) is 43.0. The molecule has 0 unspecified atom stereocenters. The maximum atomic E-state index is 14.1. The average Bonchev–Trinajstić information content (AvgIpc) is 3.30. The van der Waals surface area contributed by atoms with Crippen LogP contribution in [0, 0.1) is 10.1 Å². The van der Waals surface area contributed by atoms with Crippen molar-refractivity contribution >= 4 is 60.9 Å². The zero-order chi connectivity index (χ0) is 33.1. The molecule has 0 N–H and O–H groups in total. The number of ether oxygens (including phenoxy) is 3. The standard InChI is InChI=1S/C33H29Br2N3O7S/c1-5-43-32(40)28-19(4)36-33-37(29(28)23-8-6-7-9-26(23)45-18(2)3)31(39)27(46-33)16-21-14-24(34)30(25(35)15-21)44-17-20-10-12-22(13-11-20)38(41)42/h6-16,18,29H,5,17H2,1-4H3/b27-16+/t29-/m1/s1. The van der Waals surface area contributed by atoms with E-state index in [0.29, 0.717) is 46.6 Å². The molecule has 0 aliphatic carbocycles. The molecular formula is C33H29Br2N3O7S. The van der Waals surface area contributed by atoms with Gasteiger partial charge in [0.2, 0.25) is 0 Å². The number of aromatic nitrogens is 1. The van der Waals surface area contributed by atoms with Crippen molar-refractivity contribution < 1.29 is 23.9 Å². The normalized spacial score (nSPS) is 14.6. The first-order valence-corrected chi connectivity index (χ1v) is 16.7. The molecule has 10 nitrogen and oxygen atoms in total. The Hall–Kier alpha value is -4.07. The monoisotopic (exact) mass is 769 g/mol. The number of carbonyl (C=O) groups is 1. The van der Waals surface area contributed by atoms with E-state index in [-0.39, 0.29) is 36.1 Å². The van der Waals surface area contributed by atoms with Gasteiger partial charge in [0.05, 0.1) is 42.4 Å². The lowest BCUT2D eigenvalue weighted by Gasteiger charge is -2.26. The minimum absolute atomic E-state index is 0.00689. The Kier molecular flexibility index (Phi) is 10.2. The molecule has 0 fully saturated rings. The lowest BCUT2D eigenvalue weighted by atomic mass is 9.95.